The fourth-order valence-electron chi connectivity index (χ4n) is 3.79. The van der Waals surface area contributed by atoms with Gasteiger partial charge in [-0.2, -0.15) is 5.10 Å². The summed E-state index contributed by atoms with van der Waals surface area (Å²) in [6.45, 7) is 0. The van der Waals surface area contributed by atoms with Crippen LogP contribution in [0.2, 0.25) is 0 Å². The highest BCUT2D eigenvalue weighted by Gasteiger charge is 2.17. The number of nitrogens with one attached hydrogen (secondary N) is 2. The molecule has 0 aliphatic rings. The number of nitrogens with zero attached hydrogens (tertiary/aromatic N) is 5. The van der Waals surface area contributed by atoms with E-state index >= 15 is 0 Å². The second-order valence-corrected chi connectivity index (χ2v) is 7.31. The molecule has 8 heteroatoms. The summed E-state index contributed by atoms with van der Waals surface area (Å²) < 4.78 is 5.29. The summed E-state index contributed by atoms with van der Waals surface area (Å²) in [6.07, 6.45) is 7.02. The smallest absolute Gasteiger partial charge is 0.161 e. The Hall–Kier alpha value is -4.59. The molecule has 0 aliphatic heterocycles. The molecule has 6 rings (SSSR count). The third-order valence-electron chi connectivity index (χ3n) is 5.36. The molecule has 0 bridgehead atoms. The van der Waals surface area contributed by atoms with Crippen LogP contribution in [-0.2, 0) is 0 Å². The van der Waals surface area contributed by atoms with Crippen molar-refractivity contribution < 1.29 is 4.74 Å². The summed E-state index contributed by atoms with van der Waals surface area (Å²) in [6, 6.07) is 15.8. The Morgan fingerprint density at radius 1 is 0.812 bits per heavy atom. The first kappa shape index (κ1) is 18.2. The summed E-state index contributed by atoms with van der Waals surface area (Å²) in [4.78, 5) is 21.6. The van der Waals surface area contributed by atoms with Crippen LogP contribution in [0, 0.1) is 0 Å². The first-order chi connectivity index (χ1) is 15.8. The maximum absolute atomic E-state index is 5.29. The predicted octanol–water partition coefficient (Wildman–Crippen LogP) is 4.63. The van der Waals surface area contributed by atoms with Crippen molar-refractivity contribution in [2.45, 2.75) is 0 Å². The number of aromatic amines is 2. The van der Waals surface area contributed by atoms with E-state index in [1.807, 2.05) is 54.7 Å². The molecule has 154 valence electrons. The van der Waals surface area contributed by atoms with Gasteiger partial charge >= 0.3 is 0 Å². The third-order valence-corrected chi connectivity index (χ3v) is 5.36. The number of pyridine rings is 3. The number of benzene rings is 1. The Bertz CT molecular complexity index is 1570. The monoisotopic (exact) mass is 419 g/mol. The molecule has 0 saturated carbocycles. The van der Waals surface area contributed by atoms with Crippen molar-refractivity contribution in [1.29, 1.82) is 0 Å². The number of imidazole rings is 1. The zero-order chi connectivity index (χ0) is 21.5. The van der Waals surface area contributed by atoms with Gasteiger partial charge in [-0.05, 0) is 30.3 Å². The van der Waals surface area contributed by atoms with Crippen molar-refractivity contribution >= 4 is 22.1 Å². The van der Waals surface area contributed by atoms with Gasteiger partial charge in [0.2, 0.25) is 0 Å². The predicted molar refractivity (Wildman–Crippen MR) is 122 cm³/mol. The van der Waals surface area contributed by atoms with Gasteiger partial charge in [0, 0.05) is 35.3 Å². The lowest BCUT2D eigenvalue weighted by molar-refractivity contribution is 0.413. The fourth-order valence-corrected chi connectivity index (χ4v) is 3.79. The van der Waals surface area contributed by atoms with Crippen LogP contribution in [0.1, 0.15) is 0 Å². The third kappa shape index (κ3) is 2.97. The van der Waals surface area contributed by atoms with Crippen LogP contribution in [0.15, 0.2) is 73.3 Å². The molecule has 2 N–H and O–H groups in total. The van der Waals surface area contributed by atoms with Crippen LogP contribution in [0.4, 0.5) is 0 Å². The highest BCUT2D eigenvalue weighted by Crippen LogP contribution is 2.31. The quantitative estimate of drug-likeness (QED) is 0.431. The van der Waals surface area contributed by atoms with Crippen LogP contribution < -0.4 is 4.74 Å². The van der Waals surface area contributed by atoms with Crippen molar-refractivity contribution in [2.75, 3.05) is 7.11 Å². The van der Waals surface area contributed by atoms with E-state index < -0.39 is 0 Å². The summed E-state index contributed by atoms with van der Waals surface area (Å²) in [5, 5.41) is 7.55. The Labute approximate surface area is 182 Å². The number of rotatable bonds is 4. The van der Waals surface area contributed by atoms with Gasteiger partial charge in [0.15, 0.2) is 11.5 Å². The molecule has 32 heavy (non-hydrogen) atoms. The lowest BCUT2D eigenvalue weighted by atomic mass is 10.1. The van der Waals surface area contributed by atoms with Crippen molar-refractivity contribution in [3.05, 3.63) is 73.3 Å². The van der Waals surface area contributed by atoms with Gasteiger partial charge in [-0.1, -0.05) is 18.2 Å². The highest BCUT2D eigenvalue weighted by molar-refractivity contribution is 5.96. The van der Waals surface area contributed by atoms with Gasteiger partial charge in [0.25, 0.3) is 0 Å². The number of ether oxygens (including phenoxy) is 1. The molecular weight excluding hydrogens is 402 g/mol. The van der Waals surface area contributed by atoms with E-state index in [9.17, 15) is 0 Å². The molecular formula is C24H17N7O. The van der Waals surface area contributed by atoms with Crippen LogP contribution >= 0.6 is 0 Å². The molecule has 5 aromatic heterocycles. The number of H-pyrrole nitrogens is 2. The maximum Gasteiger partial charge on any atom is 0.161 e. The minimum atomic E-state index is 0.649. The molecule has 0 fully saturated rings. The molecule has 5 heterocycles. The minimum Gasteiger partial charge on any atom is -0.495 e. The van der Waals surface area contributed by atoms with Crippen LogP contribution in [0.5, 0.6) is 5.75 Å². The number of aromatic nitrogens is 7. The van der Waals surface area contributed by atoms with E-state index in [0.29, 0.717) is 17.3 Å². The Kier molecular flexibility index (Phi) is 4.14. The van der Waals surface area contributed by atoms with Gasteiger partial charge in [-0.3, -0.25) is 15.1 Å². The zero-order valence-corrected chi connectivity index (χ0v) is 17.1. The molecule has 8 nitrogen and oxygen atoms in total. The number of methoxy groups -OCH3 is 1. The number of hydrogen-bond donors (Lipinski definition) is 2. The number of hydrogen-bond acceptors (Lipinski definition) is 6. The lowest BCUT2D eigenvalue weighted by Gasteiger charge is -2.03. The molecule has 0 atom stereocenters. The van der Waals surface area contributed by atoms with E-state index in [2.05, 4.69) is 25.1 Å². The largest absolute Gasteiger partial charge is 0.495 e. The second kappa shape index (κ2) is 7.28. The lowest BCUT2D eigenvalue weighted by Crippen LogP contribution is -1.89. The fraction of sp³-hybridized carbons (Fsp3) is 0.0417. The Balaban J connectivity index is 1.50. The first-order valence-corrected chi connectivity index (χ1v) is 10.0. The highest BCUT2D eigenvalue weighted by atomic mass is 16.5. The minimum absolute atomic E-state index is 0.649. The number of fused-ring (bicyclic) bond motifs is 2. The zero-order valence-electron chi connectivity index (χ0n) is 17.1. The van der Waals surface area contributed by atoms with Crippen molar-refractivity contribution in [2.24, 2.45) is 0 Å². The summed E-state index contributed by atoms with van der Waals surface area (Å²) >= 11 is 0. The SMILES string of the molecule is COc1cncc(-c2ccc3[nH]nc(-c4nc5c(-c6cccnc6)cccc5[nH]4)c3n2)c1. The summed E-state index contributed by atoms with van der Waals surface area (Å²) in [7, 11) is 1.62. The first-order valence-electron chi connectivity index (χ1n) is 10.0. The van der Waals surface area contributed by atoms with Crippen LogP contribution in [-0.4, -0.2) is 42.2 Å². The molecule has 0 unspecified atom stereocenters. The summed E-state index contributed by atoms with van der Waals surface area (Å²) in [5.41, 5.74) is 7.65. The van der Waals surface area contributed by atoms with Crippen LogP contribution in [0.3, 0.4) is 0 Å². The van der Waals surface area contributed by atoms with Crippen molar-refractivity contribution in [3.8, 4) is 39.7 Å². The molecule has 1 aromatic carbocycles. The van der Waals surface area contributed by atoms with E-state index in [-0.39, 0.29) is 0 Å². The average Bonchev–Trinajstić information content (AvgIpc) is 3.48. The van der Waals surface area contributed by atoms with Gasteiger partial charge in [0.05, 0.1) is 35.6 Å². The van der Waals surface area contributed by atoms with Gasteiger partial charge in [-0.25, -0.2) is 9.97 Å². The van der Waals surface area contributed by atoms with E-state index in [4.69, 9.17) is 14.7 Å². The molecule has 6 aromatic rings. The average molecular weight is 419 g/mol. The Morgan fingerprint density at radius 3 is 2.62 bits per heavy atom. The van der Waals surface area contributed by atoms with E-state index in [0.717, 1.165) is 44.5 Å². The molecule has 0 spiro atoms. The molecule has 0 saturated heterocycles. The standard InChI is InChI=1S/C24H17N7O/c1-32-16-10-15(12-26-13-16)18-7-8-20-22(27-18)23(31-30-20)24-28-19-6-2-5-17(21(19)29-24)14-4-3-9-25-11-14/h2-13H,1H3,(H,28,29)(H,30,31). The van der Waals surface area contributed by atoms with Crippen molar-refractivity contribution in [1.82, 2.24) is 35.1 Å². The van der Waals surface area contributed by atoms with E-state index in [1.54, 1.807) is 25.7 Å². The van der Waals surface area contributed by atoms with Gasteiger partial charge in [-0.15, -0.1) is 0 Å². The second-order valence-electron chi connectivity index (χ2n) is 7.31. The van der Waals surface area contributed by atoms with Crippen molar-refractivity contribution in [3.63, 3.8) is 0 Å². The molecule has 0 radical (unpaired) electrons. The molecule has 0 aliphatic carbocycles. The maximum atomic E-state index is 5.29. The van der Waals surface area contributed by atoms with E-state index in [1.165, 1.54) is 0 Å². The molecule has 0 amide bonds. The number of para-hydroxylation sites is 1. The van der Waals surface area contributed by atoms with Crippen LogP contribution in [0.25, 0.3) is 56.0 Å². The Morgan fingerprint density at radius 2 is 1.75 bits per heavy atom. The van der Waals surface area contributed by atoms with Gasteiger partial charge in [0.1, 0.15) is 11.3 Å². The summed E-state index contributed by atoms with van der Waals surface area (Å²) in [5.74, 6) is 1.33. The van der Waals surface area contributed by atoms with Gasteiger partial charge < -0.3 is 9.72 Å². The topological polar surface area (TPSA) is 105 Å². The normalized spacial score (nSPS) is 11.3.